The van der Waals surface area contributed by atoms with Crippen molar-refractivity contribution in [1.29, 1.82) is 0 Å². The van der Waals surface area contributed by atoms with Gasteiger partial charge in [-0.1, -0.05) is 6.07 Å². The van der Waals surface area contributed by atoms with Gasteiger partial charge in [0.05, 0.1) is 0 Å². The first kappa shape index (κ1) is 16.0. The fourth-order valence-corrected chi connectivity index (χ4v) is 1.43. The van der Waals surface area contributed by atoms with Crippen LogP contribution in [0, 0.1) is 0 Å². The van der Waals surface area contributed by atoms with Gasteiger partial charge in [0.15, 0.2) is 0 Å². The van der Waals surface area contributed by atoms with Crippen LogP contribution in [0.5, 0.6) is 0 Å². The lowest BCUT2D eigenvalue weighted by Gasteiger charge is -2.19. The lowest BCUT2D eigenvalue weighted by molar-refractivity contribution is 0.0635. The number of amides is 2. The second kappa shape index (κ2) is 6.38. The van der Waals surface area contributed by atoms with Crippen molar-refractivity contribution in [3.05, 3.63) is 29.8 Å². The first-order valence-corrected chi connectivity index (χ1v) is 6.26. The van der Waals surface area contributed by atoms with Gasteiger partial charge in [-0.25, -0.2) is 9.80 Å². The van der Waals surface area contributed by atoms with Crippen LogP contribution in [0.15, 0.2) is 24.3 Å². The Labute approximate surface area is 119 Å². The predicted octanol–water partition coefficient (Wildman–Crippen LogP) is 2.24. The number of carbonyl (C=O) groups is 2. The highest BCUT2D eigenvalue weighted by atomic mass is 16.6. The number of hydrogen-bond donors (Lipinski definition) is 2. The summed E-state index contributed by atoms with van der Waals surface area (Å²) in [5, 5.41) is 4.14. The number of hydrazine groups is 1. The van der Waals surface area contributed by atoms with Crippen molar-refractivity contribution in [3.8, 4) is 0 Å². The third-order valence-corrected chi connectivity index (χ3v) is 2.10. The number of benzene rings is 1. The third kappa shape index (κ3) is 5.71. The van der Waals surface area contributed by atoms with E-state index in [2.05, 4.69) is 10.7 Å². The maximum atomic E-state index is 11.8. The van der Waals surface area contributed by atoms with Gasteiger partial charge in [0.1, 0.15) is 5.60 Å². The van der Waals surface area contributed by atoms with E-state index >= 15 is 0 Å². The van der Waals surface area contributed by atoms with Gasteiger partial charge in [0, 0.05) is 25.3 Å². The van der Waals surface area contributed by atoms with Crippen molar-refractivity contribution >= 4 is 17.7 Å². The van der Waals surface area contributed by atoms with Crippen LogP contribution in [-0.4, -0.2) is 36.7 Å². The molecule has 1 rings (SSSR count). The van der Waals surface area contributed by atoms with Gasteiger partial charge < -0.3 is 4.74 Å². The summed E-state index contributed by atoms with van der Waals surface area (Å²) in [5.74, 6) is -0.247. The van der Waals surface area contributed by atoms with Crippen LogP contribution in [0.3, 0.4) is 0 Å². The molecular weight excluding hydrogens is 258 g/mol. The largest absolute Gasteiger partial charge is 0.444 e. The summed E-state index contributed by atoms with van der Waals surface area (Å²) in [6.07, 6.45) is -0.553. The summed E-state index contributed by atoms with van der Waals surface area (Å²) in [7, 11) is 3.45. The number of hydrogen-bond acceptors (Lipinski definition) is 4. The quantitative estimate of drug-likeness (QED) is 0.832. The van der Waals surface area contributed by atoms with Crippen molar-refractivity contribution < 1.29 is 14.3 Å². The van der Waals surface area contributed by atoms with E-state index in [-0.39, 0.29) is 5.91 Å². The lowest BCUT2D eigenvalue weighted by atomic mass is 10.2. The van der Waals surface area contributed by atoms with Crippen molar-refractivity contribution in [2.75, 3.05) is 19.4 Å². The zero-order chi connectivity index (χ0) is 15.3. The minimum atomic E-state index is -0.565. The first-order chi connectivity index (χ1) is 9.17. The Hall–Kier alpha value is -2.08. The van der Waals surface area contributed by atoms with E-state index in [1.165, 1.54) is 0 Å². The van der Waals surface area contributed by atoms with Crippen LogP contribution in [0.4, 0.5) is 10.5 Å². The molecule has 2 N–H and O–H groups in total. The van der Waals surface area contributed by atoms with Crippen LogP contribution in [0.25, 0.3) is 0 Å². The molecule has 110 valence electrons. The molecule has 0 saturated carbocycles. The van der Waals surface area contributed by atoms with E-state index < -0.39 is 11.7 Å². The molecule has 0 spiro atoms. The molecule has 6 nitrogen and oxygen atoms in total. The average Bonchev–Trinajstić information content (AvgIpc) is 2.25. The summed E-state index contributed by atoms with van der Waals surface area (Å²) >= 11 is 0. The van der Waals surface area contributed by atoms with Crippen LogP contribution in [0.1, 0.15) is 31.1 Å². The summed E-state index contributed by atoms with van der Waals surface area (Å²) in [5.41, 5.74) is 3.02. The first-order valence-electron chi connectivity index (χ1n) is 6.26. The van der Waals surface area contributed by atoms with E-state index in [4.69, 9.17) is 4.74 Å². The summed E-state index contributed by atoms with van der Waals surface area (Å²) in [6.45, 7) is 5.36. The Bertz CT molecular complexity index is 493. The highest BCUT2D eigenvalue weighted by molar-refractivity contribution is 5.95. The highest BCUT2D eigenvalue weighted by Gasteiger charge is 2.16. The van der Waals surface area contributed by atoms with Gasteiger partial charge in [0.25, 0.3) is 5.91 Å². The zero-order valence-corrected chi connectivity index (χ0v) is 12.5. The van der Waals surface area contributed by atoms with E-state index in [9.17, 15) is 9.59 Å². The Balaban J connectivity index is 2.73. The predicted molar refractivity (Wildman–Crippen MR) is 77.5 cm³/mol. The monoisotopic (exact) mass is 279 g/mol. The maximum Gasteiger partial charge on any atom is 0.412 e. The molecule has 0 saturated heterocycles. The van der Waals surface area contributed by atoms with Crippen molar-refractivity contribution in [3.63, 3.8) is 0 Å². The molecule has 20 heavy (non-hydrogen) atoms. The number of ether oxygens (including phenoxy) is 1. The Morgan fingerprint density at radius 2 is 1.85 bits per heavy atom. The fourth-order valence-electron chi connectivity index (χ4n) is 1.43. The van der Waals surface area contributed by atoms with E-state index in [0.29, 0.717) is 11.3 Å². The number of rotatable bonds is 3. The molecule has 0 aliphatic carbocycles. The maximum absolute atomic E-state index is 11.8. The van der Waals surface area contributed by atoms with Crippen molar-refractivity contribution in [1.82, 2.24) is 10.4 Å². The van der Waals surface area contributed by atoms with Crippen LogP contribution < -0.4 is 10.7 Å². The average molecular weight is 279 g/mol. The fraction of sp³-hybridized carbons (Fsp3) is 0.429. The molecule has 1 aromatic carbocycles. The molecule has 1 aromatic rings. The van der Waals surface area contributed by atoms with Gasteiger partial charge in [-0.2, -0.15) is 0 Å². The number of carbonyl (C=O) groups excluding carboxylic acids is 2. The molecule has 0 radical (unpaired) electrons. The van der Waals surface area contributed by atoms with Crippen LogP contribution in [-0.2, 0) is 4.74 Å². The van der Waals surface area contributed by atoms with Gasteiger partial charge in [-0.15, -0.1) is 0 Å². The third-order valence-electron chi connectivity index (χ3n) is 2.10. The van der Waals surface area contributed by atoms with E-state index in [1.807, 2.05) is 0 Å². The summed E-state index contributed by atoms with van der Waals surface area (Å²) in [4.78, 5) is 23.5. The molecule has 0 aliphatic heterocycles. The van der Waals surface area contributed by atoms with Crippen molar-refractivity contribution in [2.45, 2.75) is 26.4 Å². The topological polar surface area (TPSA) is 70.7 Å². The summed E-state index contributed by atoms with van der Waals surface area (Å²) < 4.78 is 5.15. The standard InChI is InChI=1S/C14H21N3O3/c1-14(2,3)20-13(19)15-11-8-6-7-10(9-11)12(18)16-17(4)5/h6-9H,1-5H3,(H,15,19)(H,16,18). The normalized spacial score (nSPS) is 11.1. The lowest BCUT2D eigenvalue weighted by Crippen LogP contribution is -2.36. The highest BCUT2D eigenvalue weighted by Crippen LogP contribution is 2.13. The van der Waals surface area contributed by atoms with Crippen LogP contribution in [0.2, 0.25) is 0 Å². The minimum absolute atomic E-state index is 0.247. The molecular formula is C14H21N3O3. The van der Waals surface area contributed by atoms with Crippen LogP contribution >= 0.6 is 0 Å². The number of nitrogens with zero attached hydrogens (tertiary/aromatic N) is 1. The van der Waals surface area contributed by atoms with Gasteiger partial charge in [-0.3, -0.25) is 15.5 Å². The van der Waals surface area contributed by atoms with E-state index in [0.717, 1.165) is 0 Å². The zero-order valence-electron chi connectivity index (χ0n) is 12.5. The SMILES string of the molecule is CN(C)NC(=O)c1cccc(NC(=O)OC(C)(C)C)c1. The summed E-state index contributed by atoms with van der Waals surface area (Å²) in [6, 6.07) is 6.63. The Morgan fingerprint density at radius 1 is 1.20 bits per heavy atom. The molecule has 0 fully saturated rings. The second-order valence-electron chi connectivity index (χ2n) is 5.54. The molecule has 0 aliphatic rings. The molecule has 0 aromatic heterocycles. The van der Waals surface area contributed by atoms with E-state index in [1.54, 1.807) is 64.1 Å². The Morgan fingerprint density at radius 3 is 2.40 bits per heavy atom. The second-order valence-corrected chi connectivity index (χ2v) is 5.54. The molecule has 0 heterocycles. The molecule has 6 heteroatoms. The number of nitrogens with one attached hydrogen (secondary N) is 2. The minimum Gasteiger partial charge on any atom is -0.444 e. The number of anilines is 1. The Kier molecular flexibility index (Phi) is 5.10. The van der Waals surface area contributed by atoms with Gasteiger partial charge in [-0.05, 0) is 39.0 Å². The van der Waals surface area contributed by atoms with Crippen molar-refractivity contribution in [2.24, 2.45) is 0 Å². The van der Waals surface area contributed by atoms with Gasteiger partial charge in [0.2, 0.25) is 0 Å². The smallest absolute Gasteiger partial charge is 0.412 e. The molecule has 0 unspecified atom stereocenters. The van der Waals surface area contributed by atoms with Gasteiger partial charge >= 0.3 is 6.09 Å². The molecule has 0 atom stereocenters. The molecule has 0 bridgehead atoms. The molecule has 2 amide bonds.